The molecule has 2 bridgehead atoms. The summed E-state index contributed by atoms with van der Waals surface area (Å²) in [5.41, 5.74) is 3.78. The van der Waals surface area contributed by atoms with Crippen molar-refractivity contribution in [1.29, 1.82) is 0 Å². The third-order valence-electron chi connectivity index (χ3n) is 13.7. The molecule has 8 aliphatic rings. The molecule has 3 saturated heterocycles. The Morgan fingerprint density at radius 1 is 1.11 bits per heavy atom. The molecular formula is C42H43N3O11S. The van der Waals surface area contributed by atoms with Gasteiger partial charge in [0.15, 0.2) is 28.5 Å². The predicted octanol–water partition coefficient (Wildman–Crippen LogP) is 4.25. The summed E-state index contributed by atoms with van der Waals surface area (Å²) in [7, 11) is 1.54. The molecule has 8 aliphatic heterocycles. The molecule has 1 aromatic heterocycles. The lowest BCUT2D eigenvalue weighted by Crippen LogP contribution is -2.61. The molecule has 2 unspecified atom stereocenters. The minimum absolute atomic E-state index is 0.0421. The van der Waals surface area contributed by atoms with Crippen LogP contribution in [0.25, 0.3) is 11.0 Å². The van der Waals surface area contributed by atoms with Gasteiger partial charge in [-0.25, -0.2) is 4.79 Å². The number of carbonyl (C=O) groups excluding carboxylic acids is 2. The van der Waals surface area contributed by atoms with E-state index in [0.717, 1.165) is 27.6 Å². The van der Waals surface area contributed by atoms with Crippen LogP contribution in [0, 0.1) is 13.8 Å². The molecule has 3 fully saturated rings. The fourth-order valence-electron chi connectivity index (χ4n) is 11.5. The largest absolute Gasteiger partial charge is 0.504 e. The second-order valence-corrected chi connectivity index (χ2v) is 17.6. The number of aliphatic hydroxyl groups is 2. The van der Waals surface area contributed by atoms with Crippen LogP contribution in [-0.4, -0.2) is 94.3 Å². The van der Waals surface area contributed by atoms with E-state index in [1.54, 1.807) is 7.11 Å². The molecule has 3 aromatic carbocycles. The van der Waals surface area contributed by atoms with Crippen LogP contribution in [0.5, 0.6) is 28.7 Å². The second kappa shape index (κ2) is 12.0. The fourth-order valence-corrected chi connectivity index (χ4v) is 13.1. The van der Waals surface area contributed by atoms with Crippen molar-refractivity contribution in [2.24, 2.45) is 0 Å². The number of aliphatic hydroxyl groups excluding tert-OH is 2. The fraction of sp³-hybridized carbons (Fsp3) is 0.476. The molecule has 1 spiro atoms. The quantitative estimate of drug-likeness (QED) is 0.132. The number of nitrogens with one attached hydrogen (secondary N) is 1. The number of methoxy groups -OCH3 is 1. The SMILES string of the molecule is COc1c(C)cc2c(c1O)[C@@H]1[C@@H]3[C@@H]4SC[C@]5(N[C@@H](CO)Cc6c5oc5ccccc65)C(=O)OCC[C@@H](c5c6c(c(C)c(OC(C)=O)c54)OCO6)N3[C@@H](O)[C@H]3N1C23C. The number of phenols is 1. The summed E-state index contributed by atoms with van der Waals surface area (Å²) in [6.45, 7) is 6.90. The van der Waals surface area contributed by atoms with E-state index in [-0.39, 0.29) is 44.0 Å². The van der Waals surface area contributed by atoms with Gasteiger partial charge in [-0.2, -0.15) is 0 Å². The van der Waals surface area contributed by atoms with Crippen LogP contribution in [0.1, 0.15) is 82.3 Å². The Kier molecular flexibility index (Phi) is 7.52. The zero-order valence-electron chi connectivity index (χ0n) is 32.1. The first-order chi connectivity index (χ1) is 27.5. The number of furan rings is 1. The Balaban J connectivity index is 1.18. The van der Waals surface area contributed by atoms with Gasteiger partial charge < -0.3 is 43.4 Å². The normalized spacial score (nSPS) is 34.1. The Morgan fingerprint density at radius 3 is 2.67 bits per heavy atom. The molecule has 15 heteroatoms. The minimum Gasteiger partial charge on any atom is -0.504 e. The summed E-state index contributed by atoms with van der Waals surface area (Å²) < 4.78 is 37.1. The molecule has 4 N–H and O–H groups in total. The number of aromatic hydroxyl groups is 1. The molecule has 9 heterocycles. The maximum atomic E-state index is 14.8. The van der Waals surface area contributed by atoms with Gasteiger partial charge in [0.25, 0.3) is 0 Å². The molecule has 10 atom stereocenters. The lowest BCUT2D eigenvalue weighted by Gasteiger charge is -2.55. The van der Waals surface area contributed by atoms with Gasteiger partial charge in [0.1, 0.15) is 23.3 Å². The number of piperazine rings is 1. The highest BCUT2D eigenvalue weighted by atomic mass is 32.2. The van der Waals surface area contributed by atoms with E-state index in [9.17, 15) is 24.9 Å². The molecule has 298 valence electrons. The van der Waals surface area contributed by atoms with Crippen molar-refractivity contribution in [2.45, 2.75) is 93.3 Å². The van der Waals surface area contributed by atoms with Crippen LogP contribution >= 0.6 is 11.8 Å². The van der Waals surface area contributed by atoms with Gasteiger partial charge in [0, 0.05) is 70.4 Å². The number of para-hydroxylation sites is 1. The minimum atomic E-state index is -1.54. The standard InChI is InChI=1S/C42H43N3O11S/c1-17-12-23-26(31(48)32(17)51-5)29-30-36-28-27(35-34(53-16-54-35)18(2)33(28)55-19(3)47)24(44(30)39(49)37-41(23,4)45(29)37)10-11-52-40(50)42(15-57-36)38-22(13-20(14-46)43-42)21-8-6-7-9-25(21)56-38/h6-9,12,20,24,29-30,36-37,39,43,46,48-49H,10-11,13-16H2,1-5H3/t20-,24+,29-,30-,36-,37-,39+,41?,42-,45?/m1/s1. The molecule has 4 aromatic rings. The van der Waals surface area contributed by atoms with Gasteiger partial charge in [-0.15, -0.1) is 11.8 Å². The number of nitrogens with zero attached hydrogens (tertiary/aromatic N) is 2. The van der Waals surface area contributed by atoms with Crippen LogP contribution in [0.3, 0.4) is 0 Å². The summed E-state index contributed by atoms with van der Waals surface area (Å²) in [6, 6.07) is 7.30. The second-order valence-electron chi connectivity index (χ2n) is 16.5. The van der Waals surface area contributed by atoms with Crippen molar-refractivity contribution in [3.8, 4) is 28.7 Å². The number of ether oxygens (including phenoxy) is 5. The van der Waals surface area contributed by atoms with E-state index in [1.165, 1.54) is 18.7 Å². The number of rotatable bonds is 3. The number of hydrogen-bond acceptors (Lipinski definition) is 15. The smallest absolute Gasteiger partial charge is 0.335 e. The van der Waals surface area contributed by atoms with Crippen LogP contribution in [-0.2, 0) is 31.8 Å². The molecule has 0 aliphatic carbocycles. The highest BCUT2D eigenvalue weighted by Gasteiger charge is 2.78. The lowest BCUT2D eigenvalue weighted by molar-refractivity contribution is -0.154. The molecule has 57 heavy (non-hydrogen) atoms. The monoisotopic (exact) mass is 797 g/mol. The van der Waals surface area contributed by atoms with Crippen LogP contribution in [0.15, 0.2) is 34.7 Å². The van der Waals surface area contributed by atoms with Gasteiger partial charge in [-0.1, -0.05) is 18.2 Å². The first-order valence-corrected chi connectivity index (χ1v) is 20.5. The van der Waals surface area contributed by atoms with Crippen molar-refractivity contribution in [1.82, 2.24) is 15.1 Å². The number of aryl methyl sites for hydroxylation is 1. The summed E-state index contributed by atoms with van der Waals surface area (Å²) in [4.78, 5) is 32.3. The Bertz CT molecular complexity index is 2450. The van der Waals surface area contributed by atoms with E-state index in [1.807, 2.05) is 38.1 Å². The highest BCUT2D eigenvalue weighted by molar-refractivity contribution is 7.99. The summed E-state index contributed by atoms with van der Waals surface area (Å²) in [5, 5.41) is 39.2. The maximum absolute atomic E-state index is 14.8. The number of thioether (sulfide) groups is 1. The Morgan fingerprint density at radius 2 is 1.89 bits per heavy atom. The van der Waals surface area contributed by atoms with E-state index in [4.69, 9.17) is 28.1 Å². The molecule has 14 nitrogen and oxygen atoms in total. The van der Waals surface area contributed by atoms with Crippen molar-refractivity contribution < 1.29 is 53.0 Å². The van der Waals surface area contributed by atoms with E-state index >= 15 is 0 Å². The first kappa shape index (κ1) is 35.6. The molecular weight excluding hydrogens is 755 g/mol. The number of phenolic OH excluding ortho intramolecular Hbond substituents is 1. The summed E-state index contributed by atoms with van der Waals surface area (Å²) in [5.74, 6) is 1.20. The number of fused-ring (bicyclic) bond motifs is 12. The van der Waals surface area contributed by atoms with Gasteiger partial charge in [0.05, 0.1) is 43.2 Å². The van der Waals surface area contributed by atoms with Crippen LogP contribution < -0.4 is 24.3 Å². The van der Waals surface area contributed by atoms with Crippen molar-refractivity contribution in [3.63, 3.8) is 0 Å². The van der Waals surface area contributed by atoms with Gasteiger partial charge >= 0.3 is 11.9 Å². The van der Waals surface area contributed by atoms with Gasteiger partial charge in [-0.3, -0.25) is 19.9 Å². The van der Waals surface area contributed by atoms with Gasteiger partial charge in [-0.05, 0) is 50.5 Å². The maximum Gasteiger partial charge on any atom is 0.335 e. The number of benzene rings is 3. The Hall–Kier alpha value is -4.51. The Labute approximate surface area is 331 Å². The third-order valence-corrected chi connectivity index (χ3v) is 15.2. The lowest BCUT2D eigenvalue weighted by atomic mass is 9.76. The van der Waals surface area contributed by atoms with Gasteiger partial charge in [0.2, 0.25) is 6.79 Å². The highest BCUT2D eigenvalue weighted by Crippen LogP contribution is 2.74. The zero-order chi connectivity index (χ0) is 39.4. The average Bonchev–Trinajstić information content (AvgIpc) is 3.51. The topological polar surface area (TPSA) is 172 Å². The molecule has 0 radical (unpaired) electrons. The van der Waals surface area contributed by atoms with Crippen LogP contribution in [0.4, 0.5) is 0 Å². The summed E-state index contributed by atoms with van der Waals surface area (Å²) in [6.07, 6.45) is -0.306. The number of esters is 2. The van der Waals surface area contributed by atoms with E-state index in [0.29, 0.717) is 57.5 Å². The molecule has 0 saturated carbocycles. The molecule has 12 rings (SSSR count). The molecule has 0 amide bonds. The average molecular weight is 798 g/mol. The van der Waals surface area contributed by atoms with Crippen molar-refractivity contribution in [2.75, 3.05) is 32.9 Å². The number of carbonyl (C=O) groups is 2. The van der Waals surface area contributed by atoms with E-state index < -0.39 is 58.7 Å². The van der Waals surface area contributed by atoms with Crippen molar-refractivity contribution >= 4 is 34.7 Å². The number of hydrogen-bond donors (Lipinski definition) is 4. The predicted molar refractivity (Wildman–Crippen MR) is 204 cm³/mol. The van der Waals surface area contributed by atoms with Crippen LogP contribution in [0.2, 0.25) is 0 Å². The van der Waals surface area contributed by atoms with Crippen molar-refractivity contribution in [3.05, 3.63) is 75.0 Å². The zero-order valence-corrected chi connectivity index (χ0v) is 32.9. The van der Waals surface area contributed by atoms with E-state index in [2.05, 4.69) is 28.1 Å². The first-order valence-electron chi connectivity index (χ1n) is 19.4. The third kappa shape index (κ3) is 4.39. The summed E-state index contributed by atoms with van der Waals surface area (Å²) >= 11 is 1.45.